The molecule has 0 aliphatic rings. The van der Waals surface area contributed by atoms with Crippen molar-refractivity contribution in [3.05, 3.63) is 35.9 Å². The summed E-state index contributed by atoms with van der Waals surface area (Å²) in [5, 5.41) is 6.95. The maximum absolute atomic E-state index is 5.30. The topological polar surface area (TPSA) is 42.5 Å². The van der Waals surface area contributed by atoms with Crippen molar-refractivity contribution < 1.29 is 8.85 Å². The third-order valence-electron chi connectivity index (χ3n) is 3.30. The van der Waals surface area contributed by atoms with Crippen molar-refractivity contribution in [3.8, 4) is 0 Å². The lowest BCUT2D eigenvalue weighted by atomic mass is 10.2. The summed E-state index contributed by atoms with van der Waals surface area (Å²) in [6.45, 7) is 4.08. The van der Waals surface area contributed by atoms with E-state index in [1.807, 2.05) is 6.07 Å². The molecule has 5 heteroatoms. The largest absolute Gasteiger partial charge is 0.400 e. The second kappa shape index (κ2) is 11.0. The molecular formula is C15H28N2O2Si. The predicted octanol–water partition coefficient (Wildman–Crippen LogP) is 2.01. The third kappa shape index (κ3) is 7.77. The van der Waals surface area contributed by atoms with Crippen LogP contribution in [-0.4, -0.2) is 36.2 Å². The molecule has 1 unspecified atom stereocenters. The first-order valence-electron chi connectivity index (χ1n) is 7.32. The molecule has 0 aromatic heterocycles. The van der Waals surface area contributed by atoms with Gasteiger partial charge in [-0.25, -0.2) is 0 Å². The molecule has 2 N–H and O–H groups in total. The highest BCUT2D eigenvalue weighted by Gasteiger charge is 2.08. The Bertz CT molecular complexity index is 334. The van der Waals surface area contributed by atoms with Crippen LogP contribution in [0.5, 0.6) is 0 Å². The first kappa shape index (κ1) is 17.3. The number of hydrogen-bond donors (Lipinski definition) is 2. The van der Waals surface area contributed by atoms with Gasteiger partial charge >= 0.3 is 9.28 Å². The lowest BCUT2D eigenvalue weighted by molar-refractivity contribution is 0.276. The Balaban J connectivity index is 2.01. The molecule has 0 saturated heterocycles. The minimum atomic E-state index is -1.36. The third-order valence-corrected chi connectivity index (χ3v) is 5.23. The molecule has 0 aliphatic heterocycles. The first-order valence-corrected chi connectivity index (χ1v) is 9.08. The number of unbranched alkanes of at least 4 members (excludes halogenated alkanes) is 1. The van der Waals surface area contributed by atoms with Gasteiger partial charge in [0.2, 0.25) is 0 Å². The van der Waals surface area contributed by atoms with Crippen molar-refractivity contribution in [2.75, 3.05) is 20.8 Å². The molecule has 4 nitrogen and oxygen atoms in total. The zero-order valence-corrected chi connectivity index (χ0v) is 14.0. The van der Waals surface area contributed by atoms with Crippen LogP contribution in [0.4, 0.5) is 0 Å². The summed E-state index contributed by atoms with van der Waals surface area (Å²) in [4.78, 5) is 0. The smallest absolute Gasteiger partial charge is 0.320 e. The summed E-state index contributed by atoms with van der Waals surface area (Å²) >= 11 is 0. The minimum absolute atomic E-state index is 0.327. The van der Waals surface area contributed by atoms with Gasteiger partial charge in [0.25, 0.3) is 0 Å². The molecule has 0 heterocycles. The summed E-state index contributed by atoms with van der Waals surface area (Å²) in [6, 6.07) is 11.5. The van der Waals surface area contributed by atoms with Crippen LogP contribution in [0.1, 0.15) is 25.3 Å². The second-order valence-corrected chi connectivity index (χ2v) is 7.32. The van der Waals surface area contributed by atoms with Crippen LogP contribution >= 0.6 is 0 Å². The molecular weight excluding hydrogens is 268 g/mol. The fourth-order valence-corrected chi connectivity index (χ4v) is 3.31. The zero-order chi connectivity index (χ0) is 14.6. The molecule has 1 atom stereocenters. The highest BCUT2D eigenvalue weighted by atomic mass is 28.3. The van der Waals surface area contributed by atoms with E-state index in [4.69, 9.17) is 8.85 Å². The van der Waals surface area contributed by atoms with Crippen molar-refractivity contribution in [3.63, 3.8) is 0 Å². The van der Waals surface area contributed by atoms with Gasteiger partial charge in [0.05, 0.1) is 6.17 Å². The molecule has 114 valence electrons. The molecule has 0 bridgehead atoms. The summed E-state index contributed by atoms with van der Waals surface area (Å²) in [5.74, 6) is 0. The summed E-state index contributed by atoms with van der Waals surface area (Å²) in [5.41, 5.74) is 1.31. The molecule has 0 aliphatic carbocycles. The Morgan fingerprint density at radius 2 is 1.75 bits per heavy atom. The fraction of sp³-hybridized carbons (Fsp3) is 0.600. The van der Waals surface area contributed by atoms with Crippen molar-refractivity contribution in [2.45, 2.75) is 38.5 Å². The molecule has 0 fully saturated rings. The van der Waals surface area contributed by atoms with Crippen LogP contribution in [-0.2, 0) is 15.4 Å². The molecule has 0 amide bonds. The van der Waals surface area contributed by atoms with E-state index < -0.39 is 9.28 Å². The number of rotatable bonds is 11. The van der Waals surface area contributed by atoms with Gasteiger partial charge in [-0.05, 0) is 31.5 Å². The van der Waals surface area contributed by atoms with Crippen LogP contribution in [0, 0.1) is 0 Å². The van der Waals surface area contributed by atoms with E-state index in [0.717, 1.165) is 32.0 Å². The Labute approximate surface area is 124 Å². The number of benzene rings is 1. The van der Waals surface area contributed by atoms with Gasteiger partial charge in [-0.1, -0.05) is 36.8 Å². The molecule has 0 radical (unpaired) electrons. The van der Waals surface area contributed by atoms with Crippen LogP contribution in [0.15, 0.2) is 30.3 Å². The quantitative estimate of drug-likeness (QED) is 0.372. The zero-order valence-electron chi connectivity index (χ0n) is 12.9. The molecule has 1 aromatic carbocycles. The molecule has 0 saturated carbocycles. The number of hydrogen-bond acceptors (Lipinski definition) is 4. The van der Waals surface area contributed by atoms with Crippen molar-refractivity contribution in [1.29, 1.82) is 0 Å². The lowest BCUT2D eigenvalue weighted by Gasteiger charge is -2.16. The highest BCUT2D eigenvalue weighted by Crippen LogP contribution is 2.02. The van der Waals surface area contributed by atoms with Gasteiger partial charge < -0.3 is 14.2 Å². The van der Waals surface area contributed by atoms with Crippen molar-refractivity contribution in [1.82, 2.24) is 10.6 Å². The van der Waals surface area contributed by atoms with Gasteiger partial charge in [0.1, 0.15) is 0 Å². The summed E-state index contributed by atoms with van der Waals surface area (Å²) in [7, 11) is 2.13. The number of nitrogens with one attached hydrogen (secondary N) is 2. The van der Waals surface area contributed by atoms with Crippen LogP contribution < -0.4 is 10.6 Å². The van der Waals surface area contributed by atoms with Gasteiger partial charge in [-0.15, -0.1) is 0 Å². The maximum atomic E-state index is 5.30. The Kier molecular flexibility index (Phi) is 9.52. The standard InChI is InChI=1S/C15H28N2O2Si/c1-14(17-13-15-9-5-4-6-10-15)16-11-7-8-12-20(18-2)19-3/h4-6,9-10,14,16-17,20H,7-8,11-13H2,1-3H3. The van der Waals surface area contributed by atoms with Crippen LogP contribution in [0.25, 0.3) is 0 Å². The highest BCUT2D eigenvalue weighted by molar-refractivity contribution is 6.44. The Hall–Kier alpha value is -0.723. The van der Waals surface area contributed by atoms with E-state index >= 15 is 0 Å². The molecule has 1 aromatic rings. The van der Waals surface area contributed by atoms with E-state index in [-0.39, 0.29) is 0 Å². The predicted molar refractivity (Wildman–Crippen MR) is 86.0 cm³/mol. The van der Waals surface area contributed by atoms with Gasteiger partial charge in [-0.2, -0.15) is 0 Å². The van der Waals surface area contributed by atoms with E-state index in [2.05, 4.69) is 41.8 Å². The monoisotopic (exact) mass is 296 g/mol. The summed E-state index contributed by atoms with van der Waals surface area (Å²) < 4.78 is 10.6. The molecule has 1 rings (SSSR count). The van der Waals surface area contributed by atoms with E-state index in [9.17, 15) is 0 Å². The minimum Gasteiger partial charge on any atom is -0.400 e. The average Bonchev–Trinajstić information content (AvgIpc) is 2.50. The van der Waals surface area contributed by atoms with Gasteiger partial charge in [0, 0.05) is 20.8 Å². The van der Waals surface area contributed by atoms with Crippen molar-refractivity contribution >= 4 is 9.28 Å². The second-order valence-electron chi connectivity index (χ2n) is 4.94. The normalized spacial score (nSPS) is 12.8. The van der Waals surface area contributed by atoms with Gasteiger partial charge in [-0.3, -0.25) is 5.32 Å². The Morgan fingerprint density at radius 3 is 2.40 bits per heavy atom. The van der Waals surface area contributed by atoms with E-state index in [1.165, 1.54) is 5.56 Å². The average molecular weight is 296 g/mol. The van der Waals surface area contributed by atoms with E-state index in [0.29, 0.717) is 6.17 Å². The SMILES string of the molecule is CO[SiH](CCCCNC(C)NCc1ccccc1)OC. The van der Waals surface area contributed by atoms with E-state index in [1.54, 1.807) is 14.2 Å². The fourth-order valence-electron chi connectivity index (χ4n) is 2.03. The van der Waals surface area contributed by atoms with Crippen LogP contribution in [0.2, 0.25) is 6.04 Å². The lowest BCUT2D eigenvalue weighted by Crippen LogP contribution is -2.39. The molecule has 0 spiro atoms. The first-order chi connectivity index (χ1) is 9.76. The van der Waals surface area contributed by atoms with Crippen molar-refractivity contribution in [2.24, 2.45) is 0 Å². The summed E-state index contributed by atoms with van der Waals surface area (Å²) in [6.07, 6.45) is 2.65. The van der Waals surface area contributed by atoms with Gasteiger partial charge in [0.15, 0.2) is 0 Å². The molecule has 20 heavy (non-hydrogen) atoms. The maximum Gasteiger partial charge on any atom is 0.320 e. The Morgan fingerprint density at radius 1 is 1.05 bits per heavy atom. The van der Waals surface area contributed by atoms with Crippen LogP contribution in [0.3, 0.4) is 0 Å².